The van der Waals surface area contributed by atoms with E-state index in [9.17, 15) is 0 Å². The fourth-order valence-electron chi connectivity index (χ4n) is 5.76. The molecule has 38 heavy (non-hydrogen) atoms. The fourth-order valence-corrected chi connectivity index (χ4v) is 9.20. The molecule has 4 aromatic carbocycles. The largest absolute Gasteiger partial charge is 0.384 e. The third-order valence-electron chi connectivity index (χ3n) is 7.48. The van der Waals surface area contributed by atoms with Crippen LogP contribution in [0, 0.1) is 0 Å². The highest BCUT2D eigenvalue weighted by atomic mass is 32.2. The molecule has 190 valence electrons. The van der Waals surface area contributed by atoms with Gasteiger partial charge < -0.3 is 5.32 Å². The summed E-state index contributed by atoms with van der Waals surface area (Å²) in [5, 5.41) is 8.16. The molecule has 1 N–H and O–H groups in total. The zero-order valence-corrected chi connectivity index (χ0v) is 23.4. The van der Waals surface area contributed by atoms with Crippen LogP contribution in [0.3, 0.4) is 0 Å². The molecule has 1 atom stereocenters. The van der Waals surface area contributed by atoms with E-state index in [4.69, 9.17) is 0 Å². The van der Waals surface area contributed by atoms with Gasteiger partial charge in [0.25, 0.3) is 0 Å². The molecule has 0 radical (unpaired) electrons. The molecule has 2 aliphatic carbocycles. The maximum atomic E-state index is 3.81. The third-order valence-corrected chi connectivity index (χ3v) is 11.0. The van der Waals surface area contributed by atoms with Gasteiger partial charge in [-0.05, 0) is 72.3 Å². The Kier molecular flexibility index (Phi) is 8.10. The molecule has 0 saturated carbocycles. The van der Waals surface area contributed by atoms with Crippen molar-refractivity contribution in [1.82, 2.24) is 0 Å². The average molecular weight is 532 g/mol. The molecule has 1 nitrogen and oxygen atoms in total. The van der Waals surface area contributed by atoms with Crippen LogP contribution in [0.25, 0.3) is 0 Å². The van der Waals surface area contributed by atoms with Crippen molar-refractivity contribution in [3.05, 3.63) is 143 Å². The second-order valence-corrected chi connectivity index (χ2v) is 13.3. The zero-order valence-electron chi connectivity index (χ0n) is 21.7. The highest BCUT2D eigenvalue weighted by molar-refractivity contribution is 8.03. The highest BCUT2D eigenvalue weighted by Gasteiger charge is 2.31. The lowest BCUT2D eigenvalue weighted by molar-refractivity contribution is 0.791. The maximum Gasteiger partial charge on any atom is 0.0379 e. The van der Waals surface area contributed by atoms with Crippen LogP contribution in [-0.4, -0.2) is 12.3 Å². The SMILES string of the molecule is C1=CC(SCCNc2ccccc2[C@H]2CCc3cccc(P(c4ccccc4)c4ccccc4)c32)=CCC1. The molecule has 0 amide bonds. The Morgan fingerprint density at radius 2 is 1.50 bits per heavy atom. The summed E-state index contributed by atoms with van der Waals surface area (Å²) < 4.78 is 0. The van der Waals surface area contributed by atoms with Gasteiger partial charge in [0.1, 0.15) is 0 Å². The molecule has 0 heterocycles. The minimum absolute atomic E-state index is 0.416. The van der Waals surface area contributed by atoms with E-state index in [1.54, 1.807) is 5.56 Å². The Balaban J connectivity index is 1.32. The summed E-state index contributed by atoms with van der Waals surface area (Å²) in [7, 11) is -0.633. The lowest BCUT2D eigenvalue weighted by atomic mass is 9.91. The Bertz CT molecular complexity index is 1390. The molecule has 6 rings (SSSR count). The molecule has 0 spiro atoms. The van der Waals surface area contributed by atoms with Crippen LogP contribution in [-0.2, 0) is 6.42 Å². The quantitative estimate of drug-likeness (QED) is 0.174. The van der Waals surface area contributed by atoms with Gasteiger partial charge >= 0.3 is 0 Å². The first-order valence-corrected chi connectivity index (χ1v) is 16.1. The summed E-state index contributed by atoms with van der Waals surface area (Å²) in [6.45, 7) is 0.967. The lowest BCUT2D eigenvalue weighted by Crippen LogP contribution is -2.24. The fraction of sp³-hybridized carbons (Fsp3) is 0.200. The highest BCUT2D eigenvalue weighted by Crippen LogP contribution is 2.45. The summed E-state index contributed by atoms with van der Waals surface area (Å²) in [4.78, 5) is 1.41. The normalized spacial score (nSPS) is 16.3. The summed E-state index contributed by atoms with van der Waals surface area (Å²) in [5.41, 5.74) is 5.81. The number of hydrogen-bond donors (Lipinski definition) is 1. The predicted molar refractivity (Wildman–Crippen MR) is 169 cm³/mol. The number of thioether (sulfide) groups is 1. The second kappa shape index (κ2) is 12.2. The number of nitrogens with one attached hydrogen (secondary N) is 1. The topological polar surface area (TPSA) is 12.0 Å². The number of para-hydroxylation sites is 1. The van der Waals surface area contributed by atoms with Crippen molar-refractivity contribution in [3.63, 3.8) is 0 Å². The number of benzene rings is 4. The number of hydrogen-bond acceptors (Lipinski definition) is 2. The molecule has 0 aromatic heterocycles. The van der Waals surface area contributed by atoms with E-state index in [0.29, 0.717) is 5.92 Å². The Morgan fingerprint density at radius 1 is 0.763 bits per heavy atom. The third kappa shape index (κ3) is 5.53. The number of fused-ring (bicyclic) bond motifs is 1. The Labute approximate surface area is 232 Å². The van der Waals surface area contributed by atoms with Crippen molar-refractivity contribution >= 4 is 41.3 Å². The van der Waals surface area contributed by atoms with E-state index in [1.807, 2.05) is 11.8 Å². The van der Waals surface area contributed by atoms with Gasteiger partial charge in [-0.15, -0.1) is 11.8 Å². The number of aryl methyl sites for hydroxylation is 1. The van der Waals surface area contributed by atoms with Gasteiger partial charge in [-0.3, -0.25) is 0 Å². The van der Waals surface area contributed by atoms with Crippen LogP contribution >= 0.6 is 19.7 Å². The minimum Gasteiger partial charge on any atom is -0.384 e. The maximum absolute atomic E-state index is 3.81. The van der Waals surface area contributed by atoms with E-state index < -0.39 is 7.92 Å². The van der Waals surface area contributed by atoms with Crippen molar-refractivity contribution < 1.29 is 0 Å². The van der Waals surface area contributed by atoms with E-state index in [1.165, 1.54) is 56.9 Å². The van der Waals surface area contributed by atoms with Crippen molar-refractivity contribution in [2.24, 2.45) is 0 Å². The van der Waals surface area contributed by atoms with Crippen molar-refractivity contribution in [2.45, 2.75) is 31.6 Å². The smallest absolute Gasteiger partial charge is 0.0379 e. The average Bonchev–Trinajstić information content (AvgIpc) is 3.42. The number of allylic oxidation sites excluding steroid dienone is 3. The first kappa shape index (κ1) is 25.2. The van der Waals surface area contributed by atoms with Crippen LogP contribution in [0.5, 0.6) is 0 Å². The molecule has 0 saturated heterocycles. The van der Waals surface area contributed by atoms with Crippen LogP contribution in [0.4, 0.5) is 5.69 Å². The van der Waals surface area contributed by atoms with E-state index in [0.717, 1.165) is 18.7 Å². The Hall–Kier alpha value is -3.06. The molecule has 0 bridgehead atoms. The monoisotopic (exact) mass is 531 g/mol. The number of rotatable bonds is 9. The predicted octanol–water partition coefficient (Wildman–Crippen LogP) is 7.90. The van der Waals surface area contributed by atoms with Crippen LogP contribution in [0.1, 0.15) is 41.9 Å². The van der Waals surface area contributed by atoms with E-state index in [-0.39, 0.29) is 0 Å². The van der Waals surface area contributed by atoms with Gasteiger partial charge in [-0.2, -0.15) is 0 Å². The second-order valence-electron chi connectivity index (χ2n) is 9.90. The molecule has 2 aliphatic rings. The van der Waals surface area contributed by atoms with Gasteiger partial charge in [-0.1, -0.05) is 115 Å². The number of anilines is 1. The molecular weight excluding hydrogens is 497 g/mol. The zero-order chi connectivity index (χ0) is 25.6. The van der Waals surface area contributed by atoms with Crippen molar-refractivity contribution in [2.75, 3.05) is 17.6 Å². The molecule has 4 aromatic rings. The van der Waals surface area contributed by atoms with Crippen LogP contribution in [0.2, 0.25) is 0 Å². The van der Waals surface area contributed by atoms with Gasteiger partial charge in [0.2, 0.25) is 0 Å². The van der Waals surface area contributed by atoms with E-state index >= 15 is 0 Å². The Morgan fingerprint density at radius 3 is 2.24 bits per heavy atom. The molecule has 3 heteroatoms. The molecular formula is C35H34NPS. The van der Waals surface area contributed by atoms with Crippen molar-refractivity contribution in [3.8, 4) is 0 Å². The van der Waals surface area contributed by atoms with Crippen molar-refractivity contribution in [1.29, 1.82) is 0 Å². The first-order valence-electron chi connectivity index (χ1n) is 13.7. The molecule has 0 unspecified atom stereocenters. The summed E-state index contributed by atoms with van der Waals surface area (Å²) >= 11 is 1.96. The van der Waals surface area contributed by atoms with Gasteiger partial charge in [0.05, 0.1) is 0 Å². The van der Waals surface area contributed by atoms with Crippen LogP contribution < -0.4 is 21.2 Å². The van der Waals surface area contributed by atoms with Gasteiger partial charge in [0.15, 0.2) is 0 Å². The van der Waals surface area contributed by atoms with E-state index in [2.05, 4.69) is 127 Å². The summed E-state index contributed by atoms with van der Waals surface area (Å²) in [5.74, 6) is 1.49. The summed E-state index contributed by atoms with van der Waals surface area (Å²) in [6.07, 6.45) is 11.6. The van der Waals surface area contributed by atoms with Gasteiger partial charge in [-0.25, -0.2) is 0 Å². The first-order chi connectivity index (χ1) is 18.9. The summed E-state index contributed by atoms with van der Waals surface area (Å²) in [6, 6.07) is 38.3. The van der Waals surface area contributed by atoms with Crippen LogP contribution in [0.15, 0.2) is 126 Å². The standard InChI is InChI=1S/C35H34NPS/c1-4-14-28(15-5-1)37(29-16-6-2-7-17-29)34-22-12-13-27-23-24-32(35(27)34)31-20-10-11-21-33(31)36-25-26-38-30-18-8-3-9-19-30/h1-2,4-8,10-22,32,36H,3,9,23-26H2/t32-/m1/s1. The van der Waals surface area contributed by atoms with Gasteiger partial charge in [0, 0.05) is 28.8 Å². The molecule has 0 fully saturated rings. The molecule has 0 aliphatic heterocycles. The minimum atomic E-state index is -0.633. The lowest BCUT2D eigenvalue weighted by Gasteiger charge is -2.26.